The van der Waals surface area contributed by atoms with E-state index in [0.717, 1.165) is 71.9 Å². The molecule has 0 aliphatic heterocycles. The normalized spacial score (nSPS) is 11.8. The standard InChI is InChI=1S/C63H39N5/c1-4-18-40(19-5-1)46-29-16-31-51-56(68-57-39-44-24-11-10-23-43(44)38-54(57)50-35-34-41-20-12-13-27-47(41)59(50)68)37-36-52(58(46)51)62-64-61(42-21-6-2-7-22-42)65-63(66-62)53-32-17-30-49-48-28-14-15-33-55(48)67(60(49)53)45-25-8-3-9-26-45/h1-39H. The van der Waals surface area contributed by atoms with Gasteiger partial charge in [-0.3, -0.25) is 0 Å². The first-order valence-electron chi connectivity index (χ1n) is 23.1. The van der Waals surface area contributed by atoms with E-state index in [4.69, 9.17) is 15.0 Å². The first kappa shape index (κ1) is 38.1. The number of nitrogens with zero attached hydrogens (tertiary/aromatic N) is 5. The number of para-hydroxylation sites is 3. The molecule has 14 aromatic rings. The maximum atomic E-state index is 5.56. The summed E-state index contributed by atoms with van der Waals surface area (Å²) in [7, 11) is 0. The Balaban J connectivity index is 1.10. The summed E-state index contributed by atoms with van der Waals surface area (Å²) in [5.74, 6) is 1.82. The average Bonchev–Trinajstić information content (AvgIpc) is 3.93. The molecule has 0 aliphatic rings. The lowest BCUT2D eigenvalue weighted by Crippen LogP contribution is -2.03. The minimum atomic E-state index is 0.604. The van der Waals surface area contributed by atoms with Gasteiger partial charge in [-0.05, 0) is 75.8 Å². The van der Waals surface area contributed by atoms with Crippen molar-refractivity contribution >= 4 is 75.9 Å². The van der Waals surface area contributed by atoms with Crippen LogP contribution in [-0.4, -0.2) is 24.1 Å². The topological polar surface area (TPSA) is 48.5 Å². The van der Waals surface area contributed by atoms with E-state index in [1.807, 2.05) is 18.2 Å². The lowest BCUT2D eigenvalue weighted by molar-refractivity contribution is 1.07. The van der Waals surface area contributed by atoms with Gasteiger partial charge in [0.05, 0.1) is 27.8 Å². The molecule has 0 saturated carbocycles. The van der Waals surface area contributed by atoms with E-state index in [1.54, 1.807) is 0 Å². The van der Waals surface area contributed by atoms with Crippen LogP contribution in [0.25, 0.3) is 133 Å². The molecule has 0 bridgehead atoms. The van der Waals surface area contributed by atoms with Crippen molar-refractivity contribution in [2.24, 2.45) is 0 Å². The Labute approximate surface area is 391 Å². The first-order chi connectivity index (χ1) is 33.7. The fourth-order valence-electron chi connectivity index (χ4n) is 10.7. The highest BCUT2D eigenvalue weighted by molar-refractivity contribution is 6.22. The molecule has 0 unspecified atom stereocenters. The quantitative estimate of drug-likeness (QED) is 0.167. The monoisotopic (exact) mass is 865 g/mol. The third-order valence-electron chi connectivity index (χ3n) is 13.7. The zero-order valence-corrected chi connectivity index (χ0v) is 36.8. The van der Waals surface area contributed by atoms with E-state index in [0.29, 0.717) is 17.5 Å². The van der Waals surface area contributed by atoms with Crippen LogP contribution in [0.4, 0.5) is 0 Å². The van der Waals surface area contributed by atoms with Crippen LogP contribution < -0.4 is 0 Å². The maximum Gasteiger partial charge on any atom is 0.166 e. The van der Waals surface area contributed by atoms with Gasteiger partial charge in [-0.1, -0.05) is 188 Å². The molecule has 0 radical (unpaired) electrons. The van der Waals surface area contributed by atoms with E-state index in [2.05, 4.69) is 228 Å². The molecule has 316 valence electrons. The van der Waals surface area contributed by atoms with Crippen molar-refractivity contribution in [1.29, 1.82) is 0 Å². The summed E-state index contributed by atoms with van der Waals surface area (Å²) in [6.07, 6.45) is 0. The van der Waals surface area contributed by atoms with Gasteiger partial charge in [0.2, 0.25) is 0 Å². The lowest BCUT2D eigenvalue weighted by Gasteiger charge is -2.18. The molecular formula is C63H39N5. The van der Waals surface area contributed by atoms with E-state index in [9.17, 15) is 0 Å². The van der Waals surface area contributed by atoms with Gasteiger partial charge in [-0.2, -0.15) is 0 Å². The molecule has 3 aromatic heterocycles. The molecule has 0 saturated heterocycles. The zero-order chi connectivity index (χ0) is 44.7. The van der Waals surface area contributed by atoms with Gasteiger partial charge in [0.15, 0.2) is 17.5 Å². The first-order valence-corrected chi connectivity index (χ1v) is 23.1. The Morgan fingerprint density at radius 3 is 1.63 bits per heavy atom. The van der Waals surface area contributed by atoms with Crippen LogP contribution in [0.1, 0.15) is 0 Å². The number of rotatable bonds is 6. The molecular weight excluding hydrogens is 827 g/mol. The molecule has 14 rings (SSSR count). The molecule has 5 heteroatoms. The third-order valence-corrected chi connectivity index (χ3v) is 13.7. The van der Waals surface area contributed by atoms with Crippen molar-refractivity contribution in [1.82, 2.24) is 24.1 Å². The van der Waals surface area contributed by atoms with Crippen molar-refractivity contribution in [2.45, 2.75) is 0 Å². The summed E-state index contributed by atoms with van der Waals surface area (Å²) in [4.78, 5) is 16.3. The zero-order valence-electron chi connectivity index (χ0n) is 36.8. The van der Waals surface area contributed by atoms with E-state index in [1.165, 1.54) is 43.2 Å². The Bertz CT molecular complexity index is 4300. The minimum absolute atomic E-state index is 0.604. The molecule has 11 aromatic carbocycles. The SMILES string of the molecule is c1ccc(-c2nc(-c3ccc(-n4c5cc6ccccc6cc5c5ccc6ccccc6c54)c4cccc(-c5ccccc5)c34)nc(-c3cccc4c5ccccc5n(-c5ccccc5)c34)n2)cc1. The fourth-order valence-corrected chi connectivity index (χ4v) is 10.7. The van der Waals surface area contributed by atoms with Gasteiger partial charge in [0, 0.05) is 60.1 Å². The third kappa shape index (κ3) is 5.86. The maximum absolute atomic E-state index is 5.56. The summed E-state index contributed by atoms with van der Waals surface area (Å²) >= 11 is 0. The van der Waals surface area contributed by atoms with Crippen LogP contribution in [-0.2, 0) is 0 Å². The van der Waals surface area contributed by atoms with E-state index < -0.39 is 0 Å². The van der Waals surface area contributed by atoms with Crippen LogP contribution in [0.15, 0.2) is 237 Å². The summed E-state index contributed by atoms with van der Waals surface area (Å²) in [6.45, 7) is 0. The number of fused-ring (bicyclic) bond motifs is 10. The van der Waals surface area contributed by atoms with Crippen LogP contribution in [0.3, 0.4) is 0 Å². The highest BCUT2D eigenvalue weighted by Crippen LogP contribution is 2.45. The summed E-state index contributed by atoms with van der Waals surface area (Å²) < 4.78 is 4.85. The Kier molecular flexibility index (Phi) is 8.52. The number of benzene rings is 11. The second-order valence-corrected chi connectivity index (χ2v) is 17.5. The minimum Gasteiger partial charge on any atom is -0.309 e. The number of hydrogen-bond acceptors (Lipinski definition) is 3. The van der Waals surface area contributed by atoms with Crippen molar-refractivity contribution in [2.75, 3.05) is 0 Å². The van der Waals surface area contributed by atoms with Crippen molar-refractivity contribution < 1.29 is 0 Å². The summed E-state index contributed by atoms with van der Waals surface area (Å²) in [5, 5.41) is 11.7. The van der Waals surface area contributed by atoms with Gasteiger partial charge < -0.3 is 9.13 Å². The van der Waals surface area contributed by atoms with Crippen LogP contribution in [0, 0.1) is 0 Å². The Morgan fingerprint density at radius 2 is 0.853 bits per heavy atom. The summed E-state index contributed by atoms with van der Waals surface area (Å²) in [5.41, 5.74) is 11.7. The van der Waals surface area contributed by atoms with E-state index >= 15 is 0 Å². The molecule has 0 fully saturated rings. The average molecular weight is 866 g/mol. The molecule has 0 atom stereocenters. The second kappa shape index (κ2) is 15.2. The Hall–Kier alpha value is -9.19. The predicted molar refractivity (Wildman–Crippen MR) is 283 cm³/mol. The van der Waals surface area contributed by atoms with Crippen LogP contribution in [0.5, 0.6) is 0 Å². The van der Waals surface area contributed by atoms with Gasteiger partial charge in [0.1, 0.15) is 0 Å². The largest absolute Gasteiger partial charge is 0.309 e. The molecule has 0 N–H and O–H groups in total. The number of hydrogen-bond donors (Lipinski definition) is 0. The van der Waals surface area contributed by atoms with Gasteiger partial charge in [-0.25, -0.2) is 15.0 Å². The lowest BCUT2D eigenvalue weighted by atomic mass is 9.93. The number of aromatic nitrogens is 5. The van der Waals surface area contributed by atoms with E-state index in [-0.39, 0.29) is 0 Å². The van der Waals surface area contributed by atoms with Crippen LogP contribution >= 0.6 is 0 Å². The summed E-state index contributed by atoms with van der Waals surface area (Å²) in [6, 6.07) is 84.6. The van der Waals surface area contributed by atoms with Gasteiger partial charge in [-0.15, -0.1) is 0 Å². The molecule has 68 heavy (non-hydrogen) atoms. The Morgan fingerprint density at radius 1 is 0.279 bits per heavy atom. The smallest absolute Gasteiger partial charge is 0.166 e. The van der Waals surface area contributed by atoms with Crippen LogP contribution in [0.2, 0.25) is 0 Å². The molecule has 0 spiro atoms. The highest BCUT2D eigenvalue weighted by atomic mass is 15.1. The highest BCUT2D eigenvalue weighted by Gasteiger charge is 2.24. The second-order valence-electron chi connectivity index (χ2n) is 17.5. The predicted octanol–water partition coefficient (Wildman–Crippen LogP) is 16.2. The molecule has 0 aliphatic carbocycles. The molecule has 3 heterocycles. The fraction of sp³-hybridized carbons (Fsp3) is 0. The van der Waals surface area contributed by atoms with Crippen molar-refractivity contribution in [3.63, 3.8) is 0 Å². The van der Waals surface area contributed by atoms with Crippen molar-refractivity contribution in [3.05, 3.63) is 237 Å². The van der Waals surface area contributed by atoms with Gasteiger partial charge in [0.25, 0.3) is 0 Å². The van der Waals surface area contributed by atoms with Gasteiger partial charge >= 0.3 is 0 Å². The molecule has 0 amide bonds. The van der Waals surface area contributed by atoms with Crippen molar-refractivity contribution in [3.8, 4) is 56.7 Å². The molecule has 5 nitrogen and oxygen atoms in total.